The van der Waals surface area contributed by atoms with Crippen LogP contribution in [0.2, 0.25) is 5.02 Å². The molecule has 0 radical (unpaired) electrons. The standard InChI is InChI=1S/C18H20ClNO5/c1-22-15-4-3-5-16(18(15)23-2)24-11-10-20-17(21)12-25-14-8-6-13(19)7-9-14/h3-9H,10-12H2,1-2H3,(H,20,21). The summed E-state index contributed by atoms with van der Waals surface area (Å²) in [6, 6.07) is 12.2. The average Bonchev–Trinajstić information content (AvgIpc) is 2.64. The van der Waals surface area contributed by atoms with Crippen molar-refractivity contribution < 1.29 is 23.7 Å². The molecule has 1 N–H and O–H groups in total. The highest BCUT2D eigenvalue weighted by molar-refractivity contribution is 6.30. The third kappa shape index (κ3) is 5.76. The van der Waals surface area contributed by atoms with Gasteiger partial charge in [-0.15, -0.1) is 0 Å². The number of carbonyl (C=O) groups excluding carboxylic acids is 1. The number of carbonyl (C=O) groups is 1. The predicted octanol–water partition coefficient (Wildman–Crippen LogP) is 2.93. The fourth-order valence-corrected chi connectivity index (χ4v) is 2.18. The minimum atomic E-state index is -0.240. The Morgan fingerprint density at radius 3 is 2.40 bits per heavy atom. The van der Waals surface area contributed by atoms with Gasteiger partial charge in [0.1, 0.15) is 12.4 Å². The number of benzene rings is 2. The van der Waals surface area contributed by atoms with Gasteiger partial charge in [0, 0.05) is 5.02 Å². The van der Waals surface area contributed by atoms with Gasteiger partial charge in [-0.1, -0.05) is 17.7 Å². The Hall–Kier alpha value is -2.60. The van der Waals surface area contributed by atoms with Crippen molar-refractivity contribution in [1.29, 1.82) is 0 Å². The molecule has 25 heavy (non-hydrogen) atoms. The van der Waals surface area contributed by atoms with Crippen molar-refractivity contribution in [3.8, 4) is 23.0 Å². The first-order valence-corrected chi connectivity index (χ1v) is 8.00. The highest BCUT2D eigenvalue weighted by Gasteiger charge is 2.10. The van der Waals surface area contributed by atoms with E-state index in [2.05, 4.69) is 5.32 Å². The largest absolute Gasteiger partial charge is 0.493 e. The number of nitrogens with one attached hydrogen (secondary N) is 1. The van der Waals surface area contributed by atoms with E-state index < -0.39 is 0 Å². The Morgan fingerprint density at radius 2 is 1.72 bits per heavy atom. The zero-order valence-electron chi connectivity index (χ0n) is 14.1. The number of hydrogen-bond donors (Lipinski definition) is 1. The first-order chi connectivity index (χ1) is 12.1. The minimum absolute atomic E-state index is 0.0793. The maximum atomic E-state index is 11.8. The van der Waals surface area contributed by atoms with Crippen LogP contribution >= 0.6 is 11.6 Å². The van der Waals surface area contributed by atoms with E-state index in [1.165, 1.54) is 0 Å². The van der Waals surface area contributed by atoms with E-state index in [4.69, 9.17) is 30.5 Å². The van der Waals surface area contributed by atoms with Gasteiger partial charge in [0.05, 0.1) is 20.8 Å². The Labute approximate surface area is 151 Å². The molecule has 134 valence electrons. The van der Waals surface area contributed by atoms with Crippen LogP contribution in [0.3, 0.4) is 0 Å². The van der Waals surface area contributed by atoms with E-state index in [9.17, 15) is 4.79 Å². The van der Waals surface area contributed by atoms with Crippen LogP contribution in [0, 0.1) is 0 Å². The molecule has 2 rings (SSSR count). The van der Waals surface area contributed by atoms with Crippen LogP contribution in [-0.2, 0) is 4.79 Å². The lowest BCUT2D eigenvalue weighted by molar-refractivity contribution is -0.123. The molecule has 0 atom stereocenters. The van der Waals surface area contributed by atoms with Gasteiger partial charge in [-0.25, -0.2) is 0 Å². The van der Waals surface area contributed by atoms with Crippen molar-refractivity contribution in [2.45, 2.75) is 0 Å². The molecule has 2 aromatic carbocycles. The summed E-state index contributed by atoms with van der Waals surface area (Å²) in [6.45, 7) is 0.545. The summed E-state index contributed by atoms with van der Waals surface area (Å²) in [7, 11) is 3.10. The van der Waals surface area contributed by atoms with Crippen LogP contribution < -0.4 is 24.3 Å². The highest BCUT2D eigenvalue weighted by atomic mass is 35.5. The zero-order chi connectivity index (χ0) is 18.1. The molecule has 0 aliphatic heterocycles. The molecule has 0 aliphatic carbocycles. The zero-order valence-corrected chi connectivity index (χ0v) is 14.8. The molecule has 0 fully saturated rings. The summed E-state index contributed by atoms with van der Waals surface area (Å²) in [5, 5.41) is 3.33. The van der Waals surface area contributed by atoms with E-state index in [0.29, 0.717) is 34.6 Å². The Bertz CT molecular complexity index is 690. The van der Waals surface area contributed by atoms with Gasteiger partial charge in [-0.2, -0.15) is 0 Å². The van der Waals surface area contributed by atoms with Gasteiger partial charge in [0.15, 0.2) is 18.1 Å². The first kappa shape index (κ1) is 18.7. The van der Waals surface area contributed by atoms with Crippen LogP contribution in [0.25, 0.3) is 0 Å². The molecule has 0 saturated heterocycles. The number of rotatable bonds is 9. The molecule has 0 heterocycles. The number of hydrogen-bond acceptors (Lipinski definition) is 5. The summed E-state index contributed by atoms with van der Waals surface area (Å²) < 4.78 is 21.5. The molecular weight excluding hydrogens is 346 g/mol. The molecule has 2 aromatic rings. The lowest BCUT2D eigenvalue weighted by Crippen LogP contribution is -2.32. The van der Waals surface area contributed by atoms with Crippen LogP contribution in [0.1, 0.15) is 0 Å². The molecule has 0 spiro atoms. The van der Waals surface area contributed by atoms with Crippen molar-refractivity contribution in [3.63, 3.8) is 0 Å². The molecule has 0 aromatic heterocycles. The van der Waals surface area contributed by atoms with Gasteiger partial charge in [0.25, 0.3) is 5.91 Å². The highest BCUT2D eigenvalue weighted by Crippen LogP contribution is 2.36. The van der Waals surface area contributed by atoms with E-state index >= 15 is 0 Å². The van der Waals surface area contributed by atoms with Gasteiger partial charge in [-0.05, 0) is 36.4 Å². The van der Waals surface area contributed by atoms with Gasteiger partial charge in [0.2, 0.25) is 5.75 Å². The number of halogens is 1. The second-order valence-electron chi connectivity index (χ2n) is 4.93. The van der Waals surface area contributed by atoms with Crippen molar-refractivity contribution in [2.75, 3.05) is 34.0 Å². The molecule has 7 heteroatoms. The molecule has 0 saturated carbocycles. The summed E-state index contributed by atoms with van der Waals surface area (Å²) in [5.74, 6) is 1.99. The van der Waals surface area contributed by atoms with E-state index in [-0.39, 0.29) is 19.1 Å². The van der Waals surface area contributed by atoms with Crippen molar-refractivity contribution in [1.82, 2.24) is 5.32 Å². The van der Waals surface area contributed by atoms with Crippen molar-refractivity contribution in [2.24, 2.45) is 0 Å². The van der Waals surface area contributed by atoms with E-state index in [1.807, 2.05) is 0 Å². The summed E-state index contributed by atoms with van der Waals surface area (Å²) >= 11 is 5.78. The normalized spacial score (nSPS) is 10.0. The average molecular weight is 366 g/mol. The summed E-state index contributed by atoms with van der Waals surface area (Å²) in [5.41, 5.74) is 0. The Kier molecular flexibility index (Phi) is 7.22. The van der Waals surface area contributed by atoms with Crippen LogP contribution in [0.5, 0.6) is 23.0 Å². The third-order valence-electron chi connectivity index (χ3n) is 3.23. The Balaban J connectivity index is 1.72. The SMILES string of the molecule is COc1cccc(OCCNC(=O)COc2ccc(Cl)cc2)c1OC. The van der Waals surface area contributed by atoms with Gasteiger partial charge < -0.3 is 24.3 Å². The van der Waals surface area contributed by atoms with Crippen molar-refractivity contribution in [3.05, 3.63) is 47.5 Å². The van der Waals surface area contributed by atoms with E-state index in [1.54, 1.807) is 56.7 Å². The summed E-state index contributed by atoms with van der Waals surface area (Å²) in [6.07, 6.45) is 0. The lowest BCUT2D eigenvalue weighted by atomic mass is 10.3. The second-order valence-corrected chi connectivity index (χ2v) is 5.37. The molecule has 0 bridgehead atoms. The fourth-order valence-electron chi connectivity index (χ4n) is 2.05. The van der Waals surface area contributed by atoms with Crippen LogP contribution in [-0.4, -0.2) is 39.9 Å². The van der Waals surface area contributed by atoms with E-state index in [0.717, 1.165) is 0 Å². The topological polar surface area (TPSA) is 66.0 Å². The fraction of sp³-hybridized carbons (Fsp3) is 0.278. The van der Waals surface area contributed by atoms with Crippen molar-refractivity contribution >= 4 is 17.5 Å². The third-order valence-corrected chi connectivity index (χ3v) is 3.48. The molecule has 0 aliphatic rings. The monoisotopic (exact) mass is 365 g/mol. The molecular formula is C18H20ClNO5. The molecule has 1 amide bonds. The molecule has 6 nitrogen and oxygen atoms in total. The van der Waals surface area contributed by atoms with Crippen LogP contribution in [0.15, 0.2) is 42.5 Å². The Morgan fingerprint density at radius 1 is 1.00 bits per heavy atom. The smallest absolute Gasteiger partial charge is 0.258 e. The summed E-state index contributed by atoms with van der Waals surface area (Å²) in [4.78, 5) is 11.8. The first-order valence-electron chi connectivity index (χ1n) is 7.63. The molecule has 0 unspecified atom stereocenters. The maximum absolute atomic E-state index is 11.8. The maximum Gasteiger partial charge on any atom is 0.258 e. The number of methoxy groups -OCH3 is 2. The number of ether oxygens (including phenoxy) is 4. The quantitative estimate of drug-likeness (QED) is 0.692. The van der Waals surface area contributed by atoms with Gasteiger partial charge in [-0.3, -0.25) is 4.79 Å². The number of para-hydroxylation sites is 1. The second kappa shape index (κ2) is 9.64. The minimum Gasteiger partial charge on any atom is -0.493 e. The predicted molar refractivity (Wildman–Crippen MR) is 95.0 cm³/mol. The lowest BCUT2D eigenvalue weighted by Gasteiger charge is -2.13. The van der Waals surface area contributed by atoms with Crippen LogP contribution in [0.4, 0.5) is 0 Å². The number of amides is 1. The van der Waals surface area contributed by atoms with Gasteiger partial charge >= 0.3 is 0 Å².